The molecule has 0 aromatic rings. The maximum atomic E-state index is 14.0. The summed E-state index contributed by atoms with van der Waals surface area (Å²) in [6, 6.07) is 0. The molecule has 1 unspecified atom stereocenters. The smallest absolute Gasteiger partial charge is 0.334 e. The molecule has 0 saturated carbocycles. The zero-order valence-electron chi connectivity index (χ0n) is 28.7. The first-order valence-corrected chi connectivity index (χ1v) is 16.5. The molecule has 0 aromatic carbocycles. The fraction of sp³-hybridized carbons (Fsp3) is 0.474. The monoisotopic (exact) mass is 688 g/mol. The minimum Gasteiger partial charge on any atom is -0.483 e. The minimum absolute atomic E-state index is 0.0294. The summed E-state index contributed by atoms with van der Waals surface area (Å²) in [5.74, 6) is -5.97. The van der Waals surface area contributed by atoms with Crippen molar-refractivity contribution in [3.8, 4) is 0 Å². The van der Waals surface area contributed by atoms with Crippen molar-refractivity contribution >= 4 is 35.4 Å². The first-order valence-electron chi connectivity index (χ1n) is 16.5. The fourth-order valence-electron chi connectivity index (χ4n) is 7.69. The van der Waals surface area contributed by atoms with Gasteiger partial charge in [-0.3, -0.25) is 9.59 Å². The molecule has 3 fully saturated rings. The van der Waals surface area contributed by atoms with Crippen molar-refractivity contribution < 1.29 is 57.2 Å². The molecule has 12 heteroatoms. The third-order valence-corrected chi connectivity index (χ3v) is 10.7. The predicted octanol–water partition coefficient (Wildman–Crippen LogP) is 4.02. The molecule has 0 aliphatic carbocycles. The van der Waals surface area contributed by atoms with Gasteiger partial charge in [-0.2, -0.15) is 0 Å². The second-order valence-corrected chi connectivity index (χ2v) is 14.5. The normalized spacial score (nSPS) is 38.4. The molecule has 6 rings (SSSR count). The summed E-state index contributed by atoms with van der Waals surface area (Å²) in [6.07, 6.45) is 0.127. The van der Waals surface area contributed by atoms with Gasteiger partial charge in [-0.15, -0.1) is 0 Å². The second-order valence-electron chi connectivity index (χ2n) is 14.5. The number of rotatable bonds is 6. The van der Waals surface area contributed by atoms with Gasteiger partial charge >= 0.3 is 23.9 Å². The van der Waals surface area contributed by atoms with Crippen LogP contribution >= 0.6 is 0 Å². The predicted molar refractivity (Wildman–Crippen MR) is 174 cm³/mol. The van der Waals surface area contributed by atoms with Crippen LogP contribution in [0.4, 0.5) is 0 Å². The Balaban J connectivity index is 1.32. The van der Waals surface area contributed by atoms with Crippen LogP contribution in [0, 0.1) is 23.7 Å². The molecule has 10 atom stereocenters. The number of fused-ring (bicyclic) bond motifs is 6. The Hall–Kier alpha value is -5.00. The van der Waals surface area contributed by atoms with Crippen LogP contribution in [0.1, 0.15) is 53.9 Å². The Kier molecular flexibility index (Phi) is 8.43. The van der Waals surface area contributed by atoms with Gasteiger partial charge in [-0.1, -0.05) is 33.2 Å². The highest BCUT2D eigenvalue weighted by Crippen LogP contribution is 2.49. The molecule has 264 valence electrons. The lowest BCUT2D eigenvalue weighted by Gasteiger charge is -2.34. The summed E-state index contributed by atoms with van der Waals surface area (Å²) in [5, 5.41) is 0. The molecule has 6 aliphatic heterocycles. The van der Waals surface area contributed by atoms with Crippen LogP contribution in [0.2, 0.25) is 0 Å². The molecule has 12 nitrogen and oxygen atoms in total. The lowest BCUT2D eigenvalue weighted by atomic mass is 9.73. The van der Waals surface area contributed by atoms with Crippen molar-refractivity contribution in [2.24, 2.45) is 23.7 Å². The van der Waals surface area contributed by atoms with Crippen LogP contribution in [0.25, 0.3) is 0 Å². The lowest BCUT2D eigenvalue weighted by Crippen LogP contribution is -2.44. The van der Waals surface area contributed by atoms with E-state index >= 15 is 0 Å². The van der Waals surface area contributed by atoms with Crippen LogP contribution in [0.3, 0.4) is 0 Å². The van der Waals surface area contributed by atoms with Gasteiger partial charge in [0, 0.05) is 59.1 Å². The third-order valence-electron chi connectivity index (χ3n) is 10.7. The molecule has 50 heavy (non-hydrogen) atoms. The van der Waals surface area contributed by atoms with E-state index in [1.807, 2.05) is 0 Å². The molecule has 0 amide bonds. The van der Waals surface area contributed by atoms with E-state index in [-0.39, 0.29) is 53.1 Å². The van der Waals surface area contributed by atoms with Gasteiger partial charge in [-0.25, -0.2) is 19.2 Å². The van der Waals surface area contributed by atoms with E-state index in [0.29, 0.717) is 17.1 Å². The number of esters is 4. The Morgan fingerprint density at radius 1 is 0.860 bits per heavy atom. The van der Waals surface area contributed by atoms with Gasteiger partial charge in [0.15, 0.2) is 11.2 Å². The van der Waals surface area contributed by atoms with E-state index in [1.165, 1.54) is 19.1 Å². The molecule has 0 aromatic heterocycles. The molecular weight excluding hydrogens is 648 g/mol. The summed E-state index contributed by atoms with van der Waals surface area (Å²) >= 11 is 0. The third kappa shape index (κ3) is 5.74. The summed E-state index contributed by atoms with van der Waals surface area (Å²) in [5.41, 5.74) is -2.00. The summed E-state index contributed by atoms with van der Waals surface area (Å²) in [4.78, 5) is 78.9. The van der Waals surface area contributed by atoms with Crippen LogP contribution in [0.5, 0.6) is 0 Å². The largest absolute Gasteiger partial charge is 0.483 e. The van der Waals surface area contributed by atoms with Gasteiger partial charge in [-0.05, 0) is 45.8 Å². The van der Waals surface area contributed by atoms with Gasteiger partial charge in [0.2, 0.25) is 11.6 Å². The lowest BCUT2D eigenvalue weighted by molar-refractivity contribution is -0.154. The molecular formula is C38H40O12. The zero-order valence-corrected chi connectivity index (χ0v) is 28.7. The molecule has 6 aliphatic rings. The number of ketones is 2. The molecule has 0 spiro atoms. The molecule has 3 saturated heterocycles. The van der Waals surface area contributed by atoms with Crippen LogP contribution < -0.4 is 0 Å². The number of hydrogen-bond acceptors (Lipinski definition) is 12. The molecule has 6 heterocycles. The first kappa shape index (κ1) is 34.8. The highest BCUT2D eigenvalue weighted by atomic mass is 16.6. The van der Waals surface area contributed by atoms with Crippen molar-refractivity contribution in [3.05, 3.63) is 83.9 Å². The van der Waals surface area contributed by atoms with E-state index in [4.69, 9.17) is 28.4 Å². The van der Waals surface area contributed by atoms with E-state index < -0.39 is 83.2 Å². The number of hydrogen-bond donors (Lipinski definition) is 0. The maximum absolute atomic E-state index is 14.0. The summed E-state index contributed by atoms with van der Waals surface area (Å²) < 4.78 is 35.6. The Morgan fingerprint density at radius 2 is 1.42 bits per heavy atom. The standard InChI is InChI=1S/C38H40O12/c1-16(2)33(41)46-27-15-38(9)29(40)13-24(50-38)19(5)22(32-31(27)21(7)36(44)48-32)10-18(4)34(42)47-26-14-37(8)28(39)12-23(49-37)17(3)11-25-30(26)20(6)35(43)45-25/h11-13,19,22,25-27,30-32H,1,4,6-7,10,14-15H2,2-3,5,8-9H3/b17-11-/t19-,22?,25-,26+,27+,30+,31-,32-,37-,38-/m1/s1. The number of ether oxygens (including phenoxy) is 6. The average Bonchev–Trinajstić information content (AvgIpc) is 3.71. The van der Waals surface area contributed by atoms with Crippen LogP contribution in [-0.2, 0) is 57.2 Å². The van der Waals surface area contributed by atoms with Crippen molar-refractivity contribution in [2.45, 2.75) is 89.5 Å². The Labute approximate surface area is 289 Å². The highest BCUT2D eigenvalue weighted by molar-refractivity contribution is 6.01. The second kappa shape index (κ2) is 12.1. The SMILES string of the molecule is C=C(C)C(=O)O[C@H]1C[C@@]2(C)OC(=CC2=O)[C@H](C)C(CC(=C)C(=O)O[C@H]2C[C@@]3(C)OC(=CC3=O)/C(C)=C\[C@H]3OC(=O)C(=C)[C@H]23)[C@H]2OC(=O)C(=C)[C@H]12. The fourth-order valence-corrected chi connectivity index (χ4v) is 7.69. The first-order chi connectivity index (χ1) is 23.3. The van der Waals surface area contributed by atoms with Crippen molar-refractivity contribution in [1.29, 1.82) is 0 Å². The van der Waals surface area contributed by atoms with Crippen LogP contribution in [0.15, 0.2) is 83.9 Å². The molecule has 0 radical (unpaired) electrons. The van der Waals surface area contributed by atoms with Gasteiger partial charge in [0.25, 0.3) is 0 Å². The van der Waals surface area contributed by atoms with Crippen molar-refractivity contribution in [2.75, 3.05) is 0 Å². The van der Waals surface area contributed by atoms with Gasteiger partial charge in [0.05, 0.1) is 11.8 Å². The van der Waals surface area contributed by atoms with Gasteiger partial charge in [0.1, 0.15) is 35.9 Å². The highest BCUT2D eigenvalue weighted by Gasteiger charge is 2.57. The topological polar surface area (TPSA) is 158 Å². The number of allylic oxidation sites excluding steroid dienone is 2. The van der Waals surface area contributed by atoms with E-state index in [1.54, 1.807) is 33.8 Å². The Bertz CT molecular complexity index is 1790. The quantitative estimate of drug-likeness (QED) is 0.225. The van der Waals surface area contributed by atoms with Crippen LogP contribution in [-0.4, -0.2) is 71.1 Å². The number of carbonyl (C=O) groups excluding carboxylic acids is 6. The van der Waals surface area contributed by atoms with E-state index in [9.17, 15) is 28.8 Å². The minimum atomic E-state index is -1.40. The molecule has 0 N–H and O–H groups in total. The average molecular weight is 689 g/mol. The number of carbonyl (C=O) groups is 6. The zero-order chi connectivity index (χ0) is 36.6. The van der Waals surface area contributed by atoms with Crippen molar-refractivity contribution in [3.63, 3.8) is 0 Å². The van der Waals surface area contributed by atoms with Crippen molar-refractivity contribution in [1.82, 2.24) is 0 Å². The van der Waals surface area contributed by atoms with E-state index in [0.717, 1.165) is 0 Å². The molecule has 4 bridgehead atoms. The maximum Gasteiger partial charge on any atom is 0.334 e. The van der Waals surface area contributed by atoms with E-state index in [2.05, 4.69) is 26.3 Å². The van der Waals surface area contributed by atoms with Gasteiger partial charge < -0.3 is 28.4 Å². The Morgan fingerprint density at radius 3 is 2.08 bits per heavy atom. The summed E-state index contributed by atoms with van der Waals surface area (Å²) in [6.45, 7) is 23.7. The summed E-state index contributed by atoms with van der Waals surface area (Å²) in [7, 11) is 0.